The molecule has 2 aromatic heterocycles. The highest BCUT2D eigenvalue weighted by molar-refractivity contribution is 6.10. The second-order valence-corrected chi connectivity index (χ2v) is 8.89. The van der Waals surface area contributed by atoms with Crippen LogP contribution in [0.1, 0.15) is 11.1 Å². The van der Waals surface area contributed by atoms with Crippen LogP contribution in [0.5, 0.6) is 0 Å². The number of imide groups is 2. The van der Waals surface area contributed by atoms with Crippen LogP contribution in [-0.4, -0.2) is 43.4 Å². The summed E-state index contributed by atoms with van der Waals surface area (Å²) in [6, 6.07) is 7.16. The molecule has 6 atom stereocenters. The molecule has 0 radical (unpaired) electrons. The molecule has 32 heavy (non-hydrogen) atoms. The van der Waals surface area contributed by atoms with Gasteiger partial charge in [-0.2, -0.15) is 0 Å². The summed E-state index contributed by atoms with van der Waals surface area (Å²) in [6.45, 7) is 0.310. The van der Waals surface area contributed by atoms with Gasteiger partial charge >= 0.3 is 0 Å². The van der Waals surface area contributed by atoms with Crippen molar-refractivity contribution in [2.45, 2.75) is 13.1 Å². The molecular formula is C24H20N4O4. The summed E-state index contributed by atoms with van der Waals surface area (Å²) in [5, 5.41) is 0. The number of nitrogens with zero attached hydrogens (tertiary/aromatic N) is 4. The minimum absolute atomic E-state index is 0.155. The number of carbonyl (C=O) groups is 4. The smallest absolute Gasteiger partial charge is 0.234 e. The van der Waals surface area contributed by atoms with Crippen molar-refractivity contribution in [3.05, 3.63) is 72.3 Å². The number of pyridine rings is 2. The van der Waals surface area contributed by atoms with Gasteiger partial charge in [0.25, 0.3) is 0 Å². The molecule has 2 unspecified atom stereocenters. The fourth-order valence-electron chi connectivity index (χ4n) is 6.01. The number of allylic oxidation sites excluding steroid dienone is 2. The van der Waals surface area contributed by atoms with Crippen LogP contribution in [0, 0.1) is 35.5 Å². The second kappa shape index (κ2) is 6.91. The maximum absolute atomic E-state index is 13.3. The van der Waals surface area contributed by atoms with Gasteiger partial charge in [0.05, 0.1) is 36.8 Å². The van der Waals surface area contributed by atoms with Crippen molar-refractivity contribution in [3.63, 3.8) is 0 Å². The first-order chi connectivity index (χ1) is 15.6. The molecule has 0 N–H and O–H groups in total. The summed E-state index contributed by atoms with van der Waals surface area (Å²) in [5.74, 6) is -4.28. The Kier molecular flexibility index (Phi) is 4.11. The van der Waals surface area contributed by atoms with Crippen molar-refractivity contribution >= 4 is 23.6 Å². The molecule has 3 fully saturated rings. The van der Waals surface area contributed by atoms with Crippen molar-refractivity contribution in [1.29, 1.82) is 0 Å². The molecule has 4 amide bonds. The van der Waals surface area contributed by atoms with Crippen LogP contribution in [0.3, 0.4) is 0 Å². The standard InChI is InChI=1S/C24H20N4O4/c29-21-17-15-5-6-16(18(17)22(30)27(21)11-13-3-1-7-25-9-13)20-19(15)23(31)28(24(20)32)12-14-4-2-8-26-10-14/h1-10,15-20H,11-12H2/t15?,16?,17-,18-,19+,20+. The van der Waals surface area contributed by atoms with E-state index in [1.54, 1.807) is 36.9 Å². The first-order valence-electron chi connectivity index (χ1n) is 10.7. The lowest BCUT2D eigenvalue weighted by Crippen LogP contribution is -2.50. The lowest BCUT2D eigenvalue weighted by Gasteiger charge is -2.44. The Bertz CT molecular complexity index is 1030. The zero-order valence-corrected chi connectivity index (χ0v) is 17.1. The van der Waals surface area contributed by atoms with E-state index in [0.29, 0.717) is 0 Å². The minimum Gasteiger partial charge on any atom is -0.278 e. The number of likely N-dealkylation sites (tertiary alicyclic amines) is 2. The van der Waals surface area contributed by atoms with Gasteiger partial charge in [0.15, 0.2) is 0 Å². The van der Waals surface area contributed by atoms with E-state index in [4.69, 9.17) is 0 Å². The summed E-state index contributed by atoms with van der Waals surface area (Å²) < 4.78 is 0. The molecule has 160 valence electrons. The van der Waals surface area contributed by atoms with E-state index in [1.165, 1.54) is 9.80 Å². The minimum atomic E-state index is -0.592. The molecule has 0 spiro atoms. The van der Waals surface area contributed by atoms with Gasteiger partial charge < -0.3 is 0 Å². The van der Waals surface area contributed by atoms with Gasteiger partial charge in [0, 0.05) is 36.6 Å². The van der Waals surface area contributed by atoms with E-state index in [9.17, 15) is 19.2 Å². The molecule has 8 nitrogen and oxygen atoms in total. The third kappa shape index (κ3) is 2.55. The molecule has 2 aromatic rings. The lowest BCUT2D eigenvalue weighted by atomic mass is 9.54. The monoisotopic (exact) mass is 428 g/mol. The zero-order valence-electron chi connectivity index (χ0n) is 17.1. The van der Waals surface area contributed by atoms with Crippen LogP contribution in [0.2, 0.25) is 0 Å². The summed E-state index contributed by atoms with van der Waals surface area (Å²) in [7, 11) is 0. The van der Waals surface area contributed by atoms with Crippen molar-refractivity contribution in [2.75, 3.05) is 0 Å². The van der Waals surface area contributed by atoms with E-state index in [0.717, 1.165) is 11.1 Å². The summed E-state index contributed by atoms with van der Waals surface area (Å²) in [5.41, 5.74) is 1.53. The van der Waals surface area contributed by atoms with Crippen LogP contribution < -0.4 is 0 Å². The van der Waals surface area contributed by atoms with Crippen molar-refractivity contribution in [1.82, 2.24) is 19.8 Å². The third-order valence-electron chi connectivity index (χ3n) is 7.32. The highest BCUT2D eigenvalue weighted by atomic mass is 16.2. The van der Waals surface area contributed by atoms with E-state index in [1.807, 2.05) is 24.3 Å². The van der Waals surface area contributed by atoms with Crippen LogP contribution in [0.4, 0.5) is 0 Å². The Morgan fingerprint density at radius 3 is 1.31 bits per heavy atom. The predicted molar refractivity (Wildman–Crippen MR) is 110 cm³/mol. The molecule has 2 bridgehead atoms. The van der Waals surface area contributed by atoms with Crippen molar-refractivity contribution < 1.29 is 19.2 Å². The Hall–Kier alpha value is -3.68. The number of hydrogen-bond acceptors (Lipinski definition) is 6. The molecule has 7 rings (SSSR count). The van der Waals surface area contributed by atoms with Crippen molar-refractivity contribution in [2.24, 2.45) is 35.5 Å². The molecule has 0 aromatic carbocycles. The lowest BCUT2D eigenvalue weighted by molar-refractivity contribution is -0.140. The average Bonchev–Trinajstić information content (AvgIpc) is 3.24. The SMILES string of the molecule is O=C1[C@@H]2C3C=CC([C@H]2C(=O)N1Cc1cccnc1)[C@@H]1C(=O)N(Cc2cccnc2)C(=O)[C@@H]31. The molecule has 4 heterocycles. The number of aromatic nitrogens is 2. The summed E-state index contributed by atoms with van der Waals surface area (Å²) in [4.78, 5) is 64.0. The highest BCUT2D eigenvalue weighted by Gasteiger charge is 2.68. The quantitative estimate of drug-likeness (QED) is 0.536. The van der Waals surface area contributed by atoms with Gasteiger partial charge in [-0.25, -0.2) is 0 Å². The fraction of sp³-hybridized carbons (Fsp3) is 0.333. The topological polar surface area (TPSA) is 101 Å². The van der Waals surface area contributed by atoms with Crippen LogP contribution in [0.25, 0.3) is 0 Å². The molecule has 2 saturated heterocycles. The van der Waals surface area contributed by atoms with Gasteiger partial charge in [-0.05, 0) is 23.3 Å². The van der Waals surface area contributed by atoms with Gasteiger partial charge in [0.2, 0.25) is 23.6 Å². The average molecular weight is 428 g/mol. The highest BCUT2D eigenvalue weighted by Crippen LogP contribution is 2.58. The summed E-state index contributed by atoms with van der Waals surface area (Å²) in [6.07, 6.45) is 10.3. The molecule has 2 aliphatic heterocycles. The maximum atomic E-state index is 13.3. The Labute approximate surface area is 183 Å². The number of rotatable bonds is 4. The Balaban J connectivity index is 1.31. The Morgan fingerprint density at radius 2 is 1.00 bits per heavy atom. The van der Waals surface area contributed by atoms with E-state index in [-0.39, 0.29) is 36.7 Å². The normalized spacial score (nSPS) is 32.6. The van der Waals surface area contributed by atoms with Crippen LogP contribution in [-0.2, 0) is 32.3 Å². The second-order valence-electron chi connectivity index (χ2n) is 8.89. The van der Waals surface area contributed by atoms with Crippen LogP contribution >= 0.6 is 0 Å². The Morgan fingerprint density at radius 1 is 0.625 bits per heavy atom. The molecule has 5 aliphatic rings. The zero-order chi connectivity index (χ0) is 22.0. The number of amides is 4. The summed E-state index contributed by atoms with van der Waals surface area (Å²) >= 11 is 0. The number of carbonyl (C=O) groups excluding carboxylic acids is 4. The van der Waals surface area contributed by atoms with Gasteiger partial charge in [-0.3, -0.25) is 38.9 Å². The van der Waals surface area contributed by atoms with E-state index < -0.39 is 35.5 Å². The molecule has 1 saturated carbocycles. The maximum Gasteiger partial charge on any atom is 0.234 e. The number of hydrogen-bond donors (Lipinski definition) is 0. The fourth-order valence-corrected chi connectivity index (χ4v) is 6.01. The third-order valence-corrected chi connectivity index (χ3v) is 7.32. The largest absolute Gasteiger partial charge is 0.278 e. The predicted octanol–water partition coefficient (Wildman–Crippen LogP) is 1.20. The van der Waals surface area contributed by atoms with E-state index in [2.05, 4.69) is 9.97 Å². The van der Waals surface area contributed by atoms with Gasteiger partial charge in [0.1, 0.15) is 0 Å². The van der Waals surface area contributed by atoms with Crippen LogP contribution in [0.15, 0.2) is 61.2 Å². The first-order valence-corrected chi connectivity index (χ1v) is 10.7. The first kappa shape index (κ1) is 19.0. The van der Waals surface area contributed by atoms with Gasteiger partial charge in [-0.1, -0.05) is 24.3 Å². The molecular weight excluding hydrogens is 408 g/mol. The van der Waals surface area contributed by atoms with E-state index >= 15 is 0 Å². The molecule has 3 aliphatic carbocycles. The van der Waals surface area contributed by atoms with Gasteiger partial charge in [-0.15, -0.1) is 0 Å². The molecule has 8 heteroatoms. The van der Waals surface area contributed by atoms with Crippen molar-refractivity contribution in [3.8, 4) is 0 Å².